The van der Waals surface area contributed by atoms with E-state index < -0.39 is 11.6 Å². The molecule has 0 aromatic rings. The maximum atomic E-state index is 11.4. The second kappa shape index (κ2) is 4.88. The zero-order valence-electron chi connectivity index (χ0n) is 9.38. The van der Waals surface area contributed by atoms with E-state index in [0.717, 1.165) is 0 Å². The molecule has 0 rings (SSSR count). The van der Waals surface area contributed by atoms with Gasteiger partial charge in [0, 0.05) is 0 Å². The van der Waals surface area contributed by atoms with E-state index in [1.807, 2.05) is 0 Å². The Kier molecular flexibility index (Phi) is 4.47. The number of aliphatic hydroxyl groups excluding tert-OH is 1. The molecule has 0 aliphatic rings. The van der Waals surface area contributed by atoms with Crippen molar-refractivity contribution in [2.24, 2.45) is 0 Å². The van der Waals surface area contributed by atoms with Crippen molar-refractivity contribution in [3.63, 3.8) is 0 Å². The fourth-order valence-electron chi connectivity index (χ4n) is 0.687. The van der Waals surface area contributed by atoms with E-state index in [4.69, 9.17) is 9.47 Å². The molecule has 4 heteroatoms. The lowest BCUT2D eigenvalue weighted by molar-refractivity contribution is -0.150. The maximum Gasteiger partial charge on any atom is 0.341 e. The largest absolute Gasteiger partial charge is 0.481 e. The van der Waals surface area contributed by atoms with E-state index in [9.17, 15) is 9.90 Å². The number of aliphatic hydroxyl groups is 1. The molecule has 0 saturated heterocycles. The lowest BCUT2D eigenvalue weighted by Gasteiger charge is -2.19. The standard InChI is InChI=1S/C10H18O4/c1-6-13-8(11)7(2)9(12)14-10(3,4)5/h11H,6H2,1-5H3/b8-7-. The molecule has 0 spiro atoms. The van der Waals surface area contributed by atoms with Gasteiger partial charge in [-0.05, 0) is 34.6 Å². The second-order valence-electron chi connectivity index (χ2n) is 3.87. The topological polar surface area (TPSA) is 55.8 Å². The third kappa shape index (κ3) is 4.74. The molecule has 82 valence electrons. The minimum absolute atomic E-state index is 0.0850. The van der Waals surface area contributed by atoms with Gasteiger partial charge >= 0.3 is 5.97 Å². The van der Waals surface area contributed by atoms with Crippen molar-refractivity contribution < 1.29 is 19.4 Å². The van der Waals surface area contributed by atoms with Crippen LogP contribution in [-0.4, -0.2) is 23.3 Å². The van der Waals surface area contributed by atoms with Crippen LogP contribution in [0.2, 0.25) is 0 Å². The fourth-order valence-corrected chi connectivity index (χ4v) is 0.687. The van der Waals surface area contributed by atoms with E-state index >= 15 is 0 Å². The summed E-state index contributed by atoms with van der Waals surface area (Å²) in [6.07, 6.45) is 0. The highest BCUT2D eigenvalue weighted by atomic mass is 16.6. The normalized spacial score (nSPS) is 13.2. The lowest BCUT2D eigenvalue weighted by Crippen LogP contribution is -2.25. The Morgan fingerprint density at radius 3 is 2.21 bits per heavy atom. The van der Waals surface area contributed by atoms with Gasteiger partial charge in [-0.15, -0.1) is 0 Å². The molecule has 0 saturated carbocycles. The van der Waals surface area contributed by atoms with Gasteiger partial charge in [0.25, 0.3) is 5.95 Å². The van der Waals surface area contributed by atoms with E-state index in [-0.39, 0.29) is 11.5 Å². The Labute approximate surface area is 84.5 Å². The molecule has 0 amide bonds. The first-order valence-corrected chi connectivity index (χ1v) is 4.54. The Hall–Kier alpha value is -1.19. The average molecular weight is 202 g/mol. The van der Waals surface area contributed by atoms with Crippen molar-refractivity contribution in [3.05, 3.63) is 11.5 Å². The Balaban J connectivity index is 4.46. The highest BCUT2D eigenvalue weighted by Gasteiger charge is 2.20. The zero-order chi connectivity index (χ0) is 11.4. The van der Waals surface area contributed by atoms with Crippen LogP contribution >= 0.6 is 0 Å². The van der Waals surface area contributed by atoms with Gasteiger partial charge in [-0.2, -0.15) is 0 Å². The van der Waals surface area contributed by atoms with Crippen LogP contribution in [0.15, 0.2) is 11.5 Å². The van der Waals surface area contributed by atoms with Crippen LogP contribution in [0.5, 0.6) is 0 Å². The Bertz CT molecular complexity index is 235. The molecule has 1 N–H and O–H groups in total. The summed E-state index contributed by atoms with van der Waals surface area (Å²) in [7, 11) is 0. The number of rotatable bonds is 3. The number of ether oxygens (including phenoxy) is 2. The molecule has 0 aliphatic heterocycles. The first-order chi connectivity index (χ1) is 6.28. The summed E-state index contributed by atoms with van der Waals surface area (Å²) in [5.74, 6) is -0.940. The van der Waals surface area contributed by atoms with E-state index in [1.54, 1.807) is 27.7 Å². The molecular formula is C10H18O4. The zero-order valence-corrected chi connectivity index (χ0v) is 9.38. The van der Waals surface area contributed by atoms with Crippen LogP contribution in [0.4, 0.5) is 0 Å². The first kappa shape index (κ1) is 12.8. The van der Waals surface area contributed by atoms with Gasteiger partial charge in [-0.1, -0.05) is 0 Å². The third-order valence-corrected chi connectivity index (χ3v) is 1.31. The van der Waals surface area contributed by atoms with Gasteiger partial charge in [-0.3, -0.25) is 0 Å². The number of carbonyl (C=O) groups is 1. The van der Waals surface area contributed by atoms with Crippen LogP contribution < -0.4 is 0 Å². The van der Waals surface area contributed by atoms with Crippen LogP contribution in [0.1, 0.15) is 34.6 Å². The minimum atomic E-state index is -0.566. The molecule has 0 atom stereocenters. The van der Waals surface area contributed by atoms with Gasteiger partial charge in [-0.25, -0.2) is 4.79 Å². The molecule has 14 heavy (non-hydrogen) atoms. The van der Waals surface area contributed by atoms with Crippen LogP contribution in [0.25, 0.3) is 0 Å². The third-order valence-electron chi connectivity index (χ3n) is 1.31. The van der Waals surface area contributed by atoms with Crippen molar-refractivity contribution >= 4 is 5.97 Å². The van der Waals surface area contributed by atoms with Crippen LogP contribution in [-0.2, 0) is 14.3 Å². The number of hydrogen-bond acceptors (Lipinski definition) is 4. The molecule has 0 aromatic carbocycles. The van der Waals surface area contributed by atoms with Crippen molar-refractivity contribution in [3.8, 4) is 0 Å². The lowest BCUT2D eigenvalue weighted by atomic mass is 10.2. The molecule has 0 aliphatic carbocycles. The Morgan fingerprint density at radius 1 is 1.36 bits per heavy atom. The van der Waals surface area contributed by atoms with Crippen molar-refractivity contribution in [1.82, 2.24) is 0 Å². The SMILES string of the molecule is CCO/C(O)=C(/C)C(=O)OC(C)(C)C. The molecular weight excluding hydrogens is 184 g/mol. The predicted octanol–water partition coefficient (Wildman–Crippen LogP) is 2.15. The maximum absolute atomic E-state index is 11.4. The van der Waals surface area contributed by atoms with Gasteiger partial charge in [0.2, 0.25) is 0 Å². The van der Waals surface area contributed by atoms with Crippen molar-refractivity contribution in [2.75, 3.05) is 6.61 Å². The van der Waals surface area contributed by atoms with Crippen LogP contribution in [0, 0.1) is 0 Å². The van der Waals surface area contributed by atoms with E-state index in [0.29, 0.717) is 6.61 Å². The summed E-state index contributed by atoms with van der Waals surface area (Å²) in [6.45, 7) is 8.77. The van der Waals surface area contributed by atoms with Gasteiger partial charge in [0.1, 0.15) is 11.2 Å². The molecule has 0 radical (unpaired) electrons. The highest BCUT2D eigenvalue weighted by Crippen LogP contribution is 2.12. The van der Waals surface area contributed by atoms with Crippen molar-refractivity contribution in [1.29, 1.82) is 0 Å². The molecule has 0 aromatic heterocycles. The minimum Gasteiger partial charge on any atom is -0.481 e. The highest BCUT2D eigenvalue weighted by molar-refractivity contribution is 5.88. The monoisotopic (exact) mass is 202 g/mol. The summed E-state index contributed by atoms with van der Waals surface area (Å²) in [4.78, 5) is 11.4. The Morgan fingerprint density at radius 2 is 1.86 bits per heavy atom. The molecule has 0 heterocycles. The summed E-state index contributed by atoms with van der Waals surface area (Å²) < 4.78 is 9.80. The molecule has 4 nitrogen and oxygen atoms in total. The fraction of sp³-hybridized carbons (Fsp3) is 0.700. The number of hydrogen-bond donors (Lipinski definition) is 1. The average Bonchev–Trinajstić information content (AvgIpc) is 2.00. The summed E-state index contributed by atoms with van der Waals surface area (Å²) in [6, 6.07) is 0. The quantitative estimate of drug-likeness (QED) is 0.433. The second-order valence-corrected chi connectivity index (χ2v) is 3.87. The summed E-state index contributed by atoms with van der Waals surface area (Å²) >= 11 is 0. The number of esters is 1. The van der Waals surface area contributed by atoms with Gasteiger partial charge in [0.15, 0.2) is 0 Å². The van der Waals surface area contributed by atoms with E-state index in [1.165, 1.54) is 6.92 Å². The summed E-state index contributed by atoms with van der Waals surface area (Å²) in [5, 5.41) is 9.24. The smallest absolute Gasteiger partial charge is 0.341 e. The predicted molar refractivity (Wildman–Crippen MR) is 52.8 cm³/mol. The van der Waals surface area contributed by atoms with Gasteiger partial charge < -0.3 is 14.6 Å². The van der Waals surface area contributed by atoms with Crippen molar-refractivity contribution in [2.45, 2.75) is 40.2 Å². The molecule has 0 unspecified atom stereocenters. The first-order valence-electron chi connectivity index (χ1n) is 4.54. The summed E-state index contributed by atoms with van der Waals surface area (Å²) in [5.41, 5.74) is -0.480. The van der Waals surface area contributed by atoms with E-state index in [2.05, 4.69) is 0 Å². The molecule has 0 bridgehead atoms. The molecule has 0 fully saturated rings. The van der Waals surface area contributed by atoms with Crippen LogP contribution in [0.3, 0.4) is 0 Å². The van der Waals surface area contributed by atoms with Gasteiger partial charge in [0.05, 0.1) is 6.61 Å². The number of carbonyl (C=O) groups excluding carboxylic acids is 1.